The average molecular weight is 291 g/mol. The van der Waals surface area contributed by atoms with Gasteiger partial charge in [0.05, 0.1) is 12.3 Å². The van der Waals surface area contributed by atoms with Gasteiger partial charge in [0.1, 0.15) is 0 Å². The molecule has 0 fully saturated rings. The molecular formula is C16H15F2NO2. The first-order valence-corrected chi connectivity index (χ1v) is 6.58. The lowest BCUT2D eigenvalue weighted by atomic mass is 10.0. The van der Waals surface area contributed by atoms with Gasteiger partial charge in [-0.2, -0.15) is 8.78 Å². The van der Waals surface area contributed by atoms with Crippen LogP contribution in [0.1, 0.15) is 12.5 Å². The van der Waals surface area contributed by atoms with Crippen LogP contribution in [-0.2, 0) is 16.0 Å². The van der Waals surface area contributed by atoms with E-state index in [1.165, 1.54) is 6.92 Å². The van der Waals surface area contributed by atoms with E-state index >= 15 is 0 Å². The van der Waals surface area contributed by atoms with E-state index < -0.39 is 18.3 Å². The van der Waals surface area contributed by atoms with Crippen molar-refractivity contribution in [3.63, 3.8) is 0 Å². The minimum atomic E-state index is -3.53. The molecule has 0 bridgehead atoms. The van der Waals surface area contributed by atoms with E-state index in [0.29, 0.717) is 11.3 Å². The van der Waals surface area contributed by atoms with E-state index in [-0.39, 0.29) is 6.61 Å². The second-order valence-electron chi connectivity index (χ2n) is 4.52. The highest BCUT2D eigenvalue weighted by atomic mass is 19.3. The quantitative estimate of drug-likeness (QED) is 0.792. The van der Waals surface area contributed by atoms with Crippen LogP contribution in [0.4, 0.5) is 8.78 Å². The van der Waals surface area contributed by atoms with Crippen molar-refractivity contribution in [2.24, 2.45) is 0 Å². The second kappa shape index (κ2) is 6.43. The molecule has 1 aromatic carbocycles. The van der Waals surface area contributed by atoms with Crippen LogP contribution >= 0.6 is 0 Å². The zero-order valence-electron chi connectivity index (χ0n) is 11.6. The van der Waals surface area contributed by atoms with Crippen LogP contribution in [0, 0.1) is 0 Å². The Hall–Kier alpha value is -2.30. The van der Waals surface area contributed by atoms with E-state index in [9.17, 15) is 13.6 Å². The number of hydrogen-bond donors (Lipinski definition) is 0. The SMILES string of the molecule is CCOC(=O)C(F)(F)Cc1cccc(-c2ccccn2)c1. The maximum absolute atomic E-state index is 13.7. The minimum Gasteiger partial charge on any atom is -0.462 e. The summed E-state index contributed by atoms with van der Waals surface area (Å²) in [6.45, 7) is 1.43. The Bertz CT molecular complexity index is 615. The molecule has 0 atom stereocenters. The van der Waals surface area contributed by atoms with Gasteiger partial charge in [-0.3, -0.25) is 4.98 Å². The number of benzene rings is 1. The lowest BCUT2D eigenvalue weighted by molar-refractivity contribution is -0.171. The van der Waals surface area contributed by atoms with E-state index in [1.54, 1.807) is 42.6 Å². The summed E-state index contributed by atoms with van der Waals surface area (Å²) in [7, 11) is 0. The van der Waals surface area contributed by atoms with Crippen molar-refractivity contribution in [2.45, 2.75) is 19.3 Å². The van der Waals surface area contributed by atoms with Crippen LogP contribution in [0.25, 0.3) is 11.3 Å². The van der Waals surface area contributed by atoms with Crippen molar-refractivity contribution >= 4 is 5.97 Å². The molecule has 110 valence electrons. The number of carbonyl (C=O) groups excluding carboxylic acids is 1. The number of ether oxygens (including phenoxy) is 1. The van der Waals surface area contributed by atoms with Gasteiger partial charge < -0.3 is 4.74 Å². The first kappa shape index (κ1) is 15.1. The van der Waals surface area contributed by atoms with Gasteiger partial charge in [0.15, 0.2) is 0 Å². The van der Waals surface area contributed by atoms with Gasteiger partial charge in [-0.25, -0.2) is 4.79 Å². The highest BCUT2D eigenvalue weighted by Gasteiger charge is 2.40. The zero-order valence-corrected chi connectivity index (χ0v) is 11.6. The predicted octanol–water partition coefficient (Wildman–Crippen LogP) is 3.49. The molecule has 0 N–H and O–H groups in total. The Balaban J connectivity index is 2.20. The number of esters is 1. The molecule has 1 heterocycles. The molecule has 21 heavy (non-hydrogen) atoms. The number of rotatable bonds is 5. The largest absolute Gasteiger partial charge is 0.462 e. The lowest BCUT2D eigenvalue weighted by Gasteiger charge is -2.15. The van der Waals surface area contributed by atoms with Gasteiger partial charge in [0.2, 0.25) is 0 Å². The van der Waals surface area contributed by atoms with Crippen molar-refractivity contribution in [1.29, 1.82) is 0 Å². The number of hydrogen-bond acceptors (Lipinski definition) is 3. The van der Waals surface area contributed by atoms with Gasteiger partial charge in [-0.05, 0) is 30.7 Å². The van der Waals surface area contributed by atoms with Crippen LogP contribution in [0.15, 0.2) is 48.7 Å². The number of carbonyl (C=O) groups is 1. The van der Waals surface area contributed by atoms with Crippen molar-refractivity contribution in [3.05, 3.63) is 54.2 Å². The second-order valence-corrected chi connectivity index (χ2v) is 4.52. The van der Waals surface area contributed by atoms with Gasteiger partial charge in [-0.1, -0.05) is 24.3 Å². The van der Waals surface area contributed by atoms with Crippen molar-refractivity contribution < 1.29 is 18.3 Å². The van der Waals surface area contributed by atoms with Crippen LogP contribution in [-0.4, -0.2) is 23.5 Å². The Morgan fingerprint density at radius 1 is 1.24 bits per heavy atom. The molecule has 0 unspecified atom stereocenters. The normalized spacial score (nSPS) is 11.2. The first-order chi connectivity index (χ1) is 10.0. The van der Waals surface area contributed by atoms with Crippen molar-refractivity contribution in [1.82, 2.24) is 4.98 Å². The summed E-state index contributed by atoms with van der Waals surface area (Å²) in [6, 6.07) is 12.0. The smallest absolute Gasteiger partial charge is 0.377 e. The van der Waals surface area contributed by atoms with Gasteiger partial charge in [0, 0.05) is 18.2 Å². The van der Waals surface area contributed by atoms with Gasteiger partial charge >= 0.3 is 11.9 Å². The Morgan fingerprint density at radius 2 is 2.05 bits per heavy atom. The van der Waals surface area contributed by atoms with E-state index in [2.05, 4.69) is 9.72 Å². The summed E-state index contributed by atoms with van der Waals surface area (Å²) in [6.07, 6.45) is 0.946. The summed E-state index contributed by atoms with van der Waals surface area (Å²) in [4.78, 5) is 15.4. The van der Waals surface area contributed by atoms with Crippen molar-refractivity contribution in [3.8, 4) is 11.3 Å². The molecule has 1 aromatic heterocycles. The molecule has 2 aromatic rings. The molecule has 0 aliphatic heterocycles. The maximum Gasteiger partial charge on any atom is 0.377 e. The highest BCUT2D eigenvalue weighted by Crippen LogP contribution is 2.25. The Kier molecular flexibility index (Phi) is 4.62. The zero-order chi connectivity index (χ0) is 15.3. The molecule has 0 saturated heterocycles. The fourth-order valence-corrected chi connectivity index (χ4v) is 1.94. The maximum atomic E-state index is 13.7. The molecule has 0 radical (unpaired) electrons. The molecule has 0 spiro atoms. The number of pyridine rings is 1. The summed E-state index contributed by atoms with van der Waals surface area (Å²) < 4.78 is 31.9. The molecular weight excluding hydrogens is 276 g/mol. The molecule has 0 saturated carbocycles. The molecule has 5 heteroatoms. The van der Waals surface area contributed by atoms with E-state index in [4.69, 9.17) is 0 Å². The summed E-state index contributed by atoms with van der Waals surface area (Å²) in [5, 5.41) is 0. The number of nitrogens with zero attached hydrogens (tertiary/aromatic N) is 1. The van der Waals surface area contributed by atoms with Crippen molar-refractivity contribution in [2.75, 3.05) is 6.61 Å². The average Bonchev–Trinajstić information content (AvgIpc) is 2.48. The standard InChI is InChI=1S/C16H15F2NO2/c1-2-21-15(20)16(17,18)11-12-6-5-7-13(10-12)14-8-3-4-9-19-14/h3-10H,2,11H2,1H3. The van der Waals surface area contributed by atoms with Gasteiger partial charge in [-0.15, -0.1) is 0 Å². The van der Waals surface area contributed by atoms with Gasteiger partial charge in [0.25, 0.3) is 0 Å². The fourth-order valence-electron chi connectivity index (χ4n) is 1.94. The third kappa shape index (κ3) is 3.84. The molecule has 0 aliphatic rings. The molecule has 0 aliphatic carbocycles. The van der Waals surface area contributed by atoms with Crippen LogP contribution < -0.4 is 0 Å². The summed E-state index contributed by atoms with van der Waals surface area (Å²) in [5.41, 5.74) is 1.78. The van der Waals surface area contributed by atoms with E-state index in [0.717, 1.165) is 5.56 Å². The molecule has 2 rings (SSSR count). The number of halogens is 2. The minimum absolute atomic E-state index is 0.0671. The summed E-state index contributed by atoms with van der Waals surface area (Å²) >= 11 is 0. The third-order valence-electron chi connectivity index (χ3n) is 2.89. The Morgan fingerprint density at radius 3 is 2.71 bits per heavy atom. The predicted molar refractivity (Wildman–Crippen MR) is 75.0 cm³/mol. The first-order valence-electron chi connectivity index (χ1n) is 6.58. The van der Waals surface area contributed by atoms with E-state index in [1.807, 2.05) is 6.07 Å². The molecule has 3 nitrogen and oxygen atoms in total. The molecule has 0 amide bonds. The fraction of sp³-hybridized carbons (Fsp3) is 0.250. The topological polar surface area (TPSA) is 39.2 Å². The summed E-state index contributed by atoms with van der Waals surface area (Å²) in [5.74, 6) is -5.02. The highest BCUT2D eigenvalue weighted by molar-refractivity contribution is 5.78. The lowest BCUT2D eigenvalue weighted by Crippen LogP contribution is -2.33. The Labute approximate surface area is 121 Å². The number of alkyl halides is 2. The monoisotopic (exact) mass is 291 g/mol. The van der Waals surface area contributed by atoms with Crippen LogP contribution in [0.3, 0.4) is 0 Å². The van der Waals surface area contributed by atoms with Crippen LogP contribution in [0.2, 0.25) is 0 Å². The number of aromatic nitrogens is 1. The van der Waals surface area contributed by atoms with Crippen LogP contribution in [0.5, 0.6) is 0 Å². The third-order valence-corrected chi connectivity index (χ3v) is 2.89.